The van der Waals surface area contributed by atoms with Crippen molar-refractivity contribution in [3.8, 4) is 11.8 Å². The molecule has 1 aromatic heterocycles. The minimum absolute atomic E-state index is 0.904. The lowest BCUT2D eigenvalue weighted by atomic mass is 10.3. The topological polar surface area (TPSA) is 8.17 Å². The Morgan fingerprint density at radius 3 is 2.53 bits per heavy atom. The molecule has 17 heavy (non-hydrogen) atoms. The van der Waals surface area contributed by atoms with Crippen LogP contribution in [0.4, 0.5) is 0 Å². The highest BCUT2D eigenvalue weighted by Gasteiger charge is 2.13. The molecule has 0 aromatic carbocycles. The molecule has 0 aliphatic carbocycles. The number of aromatic nitrogens is 1. The van der Waals surface area contributed by atoms with Crippen LogP contribution in [0, 0.1) is 11.8 Å². The second-order valence-corrected chi connectivity index (χ2v) is 3.33. The van der Waals surface area contributed by atoms with Crippen molar-refractivity contribution < 1.29 is 0 Å². The third-order valence-corrected chi connectivity index (χ3v) is 2.45. The second kappa shape index (κ2) is 9.99. The van der Waals surface area contributed by atoms with Crippen LogP contribution < -0.4 is 0 Å². The van der Waals surface area contributed by atoms with Crippen molar-refractivity contribution in [1.82, 2.24) is 9.47 Å². The molecular weight excluding hydrogens is 208 g/mol. The van der Waals surface area contributed by atoms with Gasteiger partial charge < -0.3 is 4.57 Å². The zero-order chi connectivity index (χ0) is 13.1. The summed E-state index contributed by atoms with van der Waals surface area (Å²) in [6, 6.07) is 4.30. The van der Waals surface area contributed by atoms with Gasteiger partial charge in [-0.1, -0.05) is 33.6 Å². The molecule has 1 aromatic rings. The lowest BCUT2D eigenvalue weighted by Crippen LogP contribution is -2.33. The van der Waals surface area contributed by atoms with E-state index >= 15 is 0 Å². The first kappa shape index (κ1) is 15.8. The van der Waals surface area contributed by atoms with E-state index in [0.29, 0.717) is 0 Å². The molecule has 0 N–H and O–H groups in total. The summed E-state index contributed by atoms with van der Waals surface area (Å²) >= 11 is 0. The predicted molar refractivity (Wildman–Crippen MR) is 75.9 cm³/mol. The van der Waals surface area contributed by atoms with Gasteiger partial charge >= 0.3 is 0 Å². The summed E-state index contributed by atoms with van der Waals surface area (Å²) in [6.45, 7) is 14.1. The highest BCUT2D eigenvalue weighted by atomic mass is 15.2. The molecule has 2 heteroatoms. The van der Waals surface area contributed by atoms with Gasteiger partial charge in [0.15, 0.2) is 0 Å². The Bertz CT molecular complexity index is 341. The van der Waals surface area contributed by atoms with E-state index in [2.05, 4.69) is 39.6 Å². The maximum absolute atomic E-state index is 3.11. The predicted octanol–water partition coefficient (Wildman–Crippen LogP) is 3.38. The molecular formula is C15H26N2. The highest BCUT2D eigenvalue weighted by molar-refractivity contribution is 5.10. The van der Waals surface area contributed by atoms with Crippen molar-refractivity contribution in [2.24, 2.45) is 0 Å². The van der Waals surface area contributed by atoms with Crippen LogP contribution in [-0.2, 0) is 13.1 Å². The summed E-state index contributed by atoms with van der Waals surface area (Å²) in [5.41, 5.74) is 1.41. The summed E-state index contributed by atoms with van der Waals surface area (Å²) in [5.74, 6) is 6.04. The minimum Gasteiger partial charge on any atom is -0.349 e. The van der Waals surface area contributed by atoms with Gasteiger partial charge in [0, 0.05) is 31.5 Å². The lowest BCUT2D eigenvalue weighted by molar-refractivity contribution is 0.247. The smallest absolute Gasteiger partial charge is 0.0605 e. The van der Waals surface area contributed by atoms with Crippen molar-refractivity contribution in [3.63, 3.8) is 0 Å². The fourth-order valence-corrected chi connectivity index (χ4v) is 1.69. The van der Waals surface area contributed by atoms with E-state index in [1.807, 2.05) is 34.6 Å². The number of hydrogen-bond donors (Lipinski definition) is 0. The Balaban J connectivity index is 0.000000581. The van der Waals surface area contributed by atoms with E-state index < -0.39 is 0 Å². The molecule has 0 fully saturated rings. The Morgan fingerprint density at radius 2 is 1.88 bits per heavy atom. The van der Waals surface area contributed by atoms with Gasteiger partial charge in [0.25, 0.3) is 0 Å². The average molecular weight is 234 g/mol. The van der Waals surface area contributed by atoms with Crippen LogP contribution in [0.25, 0.3) is 0 Å². The third kappa shape index (κ3) is 5.10. The molecule has 2 rings (SSSR count). The van der Waals surface area contributed by atoms with E-state index in [1.54, 1.807) is 0 Å². The summed E-state index contributed by atoms with van der Waals surface area (Å²) in [7, 11) is 0. The average Bonchev–Trinajstić information content (AvgIpc) is 2.88. The van der Waals surface area contributed by atoms with Gasteiger partial charge in [0.1, 0.15) is 0 Å². The number of rotatable bonds is 1. The van der Waals surface area contributed by atoms with Gasteiger partial charge in [-0.3, -0.25) is 4.90 Å². The van der Waals surface area contributed by atoms with E-state index in [4.69, 9.17) is 0 Å². The molecule has 0 saturated carbocycles. The van der Waals surface area contributed by atoms with E-state index in [0.717, 1.165) is 26.2 Å². The fourth-order valence-electron chi connectivity index (χ4n) is 1.69. The fraction of sp³-hybridized carbons (Fsp3) is 0.600. The normalized spacial score (nSPS) is 13.0. The molecule has 0 radical (unpaired) electrons. The lowest BCUT2D eigenvalue weighted by Gasteiger charge is -2.26. The maximum atomic E-state index is 3.11. The molecule has 2 nitrogen and oxygen atoms in total. The van der Waals surface area contributed by atoms with Crippen LogP contribution in [0.1, 0.15) is 40.3 Å². The van der Waals surface area contributed by atoms with Crippen molar-refractivity contribution in [2.45, 2.75) is 47.7 Å². The van der Waals surface area contributed by atoms with Crippen LogP contribution in [-0.4, -0.2) is 22.6 Å². The highest BCUT2D eigenvalue weighted by Crippen LogP contribution is 2.11. The van der Waals surface area contributed by atoms with Crippen LogP contribution in [0.15, 0.2) is 18.3 Å². The quantitative estimate of drug-likeness (QED) is 0.676. The molecule has 0 bridgehead atoms. The molecule has 0 saturated heterocycles. The van der Waals surface area contributed by atoms with Crippen LogP contribution >= 0.6 is 0 Å². The largest absolute Gasteiger partial charge is 0.349 e. The van der Waals surface area contributed by atoms with Crippen LogP contribution in [0.2, 0.25) is 0 Å². The van der Waals surface area contributed by atoms with Gasteiger partial charge in [0.05, 0.1) is 6.54 Å². The molecule has 0 spiro atoms. The van der Waals surface area contributed by atoms with Crippen LogP contribution in [0.5, 0.6) is 0 Å². The molecule has 1 aliphatic rings. The Morgan fingerprint density at radius 1 is 1.18 bits per heavy atom. The molecule has 0 amide bonds. The summed E-state index contributed by atoms with van der Waals surface area (Å²) < 4.78 is 2.32. The van der Waals surface area contributed by atoms with Crippen molar-refractivity contribution in [2.75, 3.05) is 13.1 Å². The molecule has 0 unspecified atom stereocenters. The first-order valence-corrected chi connectivity index (χ1v) is 6.66. The standard InChI is InChI=1S/C11H14N2.2C2H6/c1-2-3-6-12-8-9-13-7-4-5-11(13)10-12;2*1-2/h4-5,7H,6,8-10H2,1H3;2*1-2H3. The second-order valence-electron chi connectivity index (χ2n) is 3.33. The van der Waals surface area contributed by atoms with Gasteiger partial charge in [-0.15, -0.1) is 5.92 Å². The summed E-state index contributed by atoms with van der Waals surface area (Å²) in [6.07, 6.45) is 2.15. The van der Waals surface area contributed by atoms with Gasteiger partial charge in [-0.05, 0) is 19.1 Å². The summed E-state index contributed by atoms with van der Waals surface area (Å²) in [4.78, 5) is 2.38. The molecule has 2 heterocycles. The van der Waals surface area contributed by atoms with Crippen molar-refractivity contribution in [3.05, 3.63) is 24.0 Å². The monoisotopic (exact) mass is 234 g/mol. The maximum Gasteiger partial charge on any atom is 0.0605 e. The SMILES string of the molecule is CC.CC.CC#CCN1CCn2cccc2C1. The van der Waals surface area contributed by atoms with E-state index in [-0.39, 0.29) is 0 Å². The van der Waals surface area contributed by atoms with Crippen molar-refractivity contribution >= 4 is 0 Å². The van der Waals surface area contributed by atoms with Gasteiger partial charge in [0.2, 0.25) is 0 Å². The number of hydrogen-bond acceptors (Lipinski definition) is 1. The first-order valence-electron chi connectivity index (χ1n) is 6.66. The Kier molecular flexibility index (Phi) is 9.28. The third-order valence-electron chi connectivity index (χ3n) is 2.45. The van der Waals surface area contributed by atoms with E-state index in [1.165, 1.54) is 5.69 Å². The molecule has 96 valence electrons. The molecule has 1 aliphatic heterocycles. The Hall–Kier alpha value is -1.20. The number of fused-ring (bicyclic) bond motifs is 1. The van der Waals surface area contributed by atoms with Gasteiger partial charge in [-0.25, -0.2) is 0 Å². The zero-order valence-corrected chi connectivity index (χ0v) is 12.0. The van der Waals surface area contributed by atoms with Gasteiger partial charge in [-0.2, -0.15) is 0 Å². The van der Waals surface area contributed by atoms with Crippen molar-refractivity contribution in [1.29, 1.82) is 0 Å². The first-order chi connectivity index (χ1) is 8.40. The molecule has 0 atom stereocenters. The zero-order valence-electron chi connectivity index (χ0n) is 12.0. The minimum atomic E-state index is 0.904. The Labute approximate surface area is 107 Å². The van der Waals surface area contributed by atoms with E-state index in [9.17, 15) is 0 Å². The van der Waals surface area contributed by atoms with Crippen LogP contribution in [0.3, 0.4) is 0 Å². The summed E-state index contributed by atoms with van der Waals surface area (Å²) in [5, 5.41) is 0. The number of nitrogens with zero attached hydrogens (tertiary/aromatic N) is 2.